The van der Waals surface area contributed by atoms with Crippen molar-refractivity contribution in [3.63, 3.8) is 0 Å². The van der Waals surface area contributed by atoms with Gasteiger partial charge >= 0.3 is 11.9 Å². The van der Waals surface area contributed by atoms with Crippen molar-refractivity contribution in [1.29, 1.82) is 0 Å². The molecule has 0 aromatic heterocycles. The number of methoxy groups -OCH3 is 1. The Balaban J connectivity index is 2.31. The van der Waals surface area contributed by atoms with Gasteiger partial charge in [0.2, 0.25) is 0 Å². The molecule has 0 saturated carbocycles. The monoisotopic (exact) mass is 294 g/mol. The number of esters is 2. The smallest absolute Gasteiger partial charge is 0.311 e. The Kier molecular flexibility index (Phi) is 7.46. The second kappa shape index (κ2) is 9.13. The zero-order valence-corrected chi connectivity index (χ0v) is 12.8. The van der Waals surface area contributed by atoms with E-state index in [0.29, 0.717) is 18.3 Å². The van der Waals surface area contributed by atoms with Crippen LogP contribution in [0.3, 0.4) is 0 Å². The molecule has 0 unspecified atom stereocenters. The van der Waals surface area contributed by atoms with Crippen LogP contribution in [0.4, 0.5) is 0 Å². The van der Waals surface area contributed by atoms with Crippen LogP contribution in [0.2, 0.25) is 0 Å². The van der Waals surface area contributed by atoms with Crippen molar-refractivity contribution in [3.8, 4) is 5.75 Å². The van der Waals surface area contributed by atoms with Crippen molar-refractivity contribution in [2.45, 2.75) is 32.6 Å². The van der Waals surface area contributed by atoms with Gasteiger partial charge in [0.05, 0.1) is 19.4 Å². The molecule has 5 nitrogen and oxygen atoms in total. The Labute approximate surface area is 125 Å². The molecular weight excluding hydrogens is 272 g/mol. The summed E-state index contributed by atoms with van der Waals surface area (Å²) in [5.41, 5.74) is 1.18. The molecule has 0 bridgehead atoms. The molecule has 116 valence electrons. The molecule has 0 amide bonds. The maximum Gasteiger partial charge on any atom is 0.311 e. The standard InChI is InChI=1S/C16H22O5/c1-12(2)13-4-6-14(7-5-13)21-16(18)9-8-15(17)20-11-10-19-3/h4-7,12H,8-11H2,1-3H3. The Bertz CT molecular complexity index is 450. The predicted octanol–water partition coefficient (Wildman–Crippen LogP) is 2.69. The number of hydrogen-bond acceptors (Lipinski definition) is 5. The minimum atomic E-state index is -0.448. The zero-order valence-electron chi connectivity index (χ0n) is 12.8. The van der Waals surface area contributed by atoms with Crippen LogP contribution in [0.1, 0.15) is 38.2 Å². The van der Waals surface area contributed by atoms with Gasteiger partial charge in [0.1, 0.15) is 12.4 Å². The SMILES string of the molecule is COCCOC(=O)CCC(=O)Oc1ccc(C(C)C)cc1. The average molecular weight is 294 g/mol. The van der Waals surface area contributed by atoms with E-state index in [-0.39, 0.29) is 19.4 Å². The van der Waals surface area contributed by atoms with Crippen LogP contribution < -0.4 is 4.74 Å². The predicted molar refractivity (Wildman–Crippen MR) is 78.2 cm³/mol. The summed E-state index contributed by atoms with van der Waals surface area (Å²) in [5.74, 6) is 0.0314. The van der Waals surface area contributed by atoms with E-state index < -0.39 is 11.9 Å². The van der Waals surface area contributed by atoms with Crippen molar-refractivity contribution in [1.82, 2.24) is 0 Å². The molecule has 0 aliphatic rings. The van der Waals surface area contributed by atoms with Crippen LogP contribution in [0.15, 0.2) is 24.3 Å². The summed E-state index contributed by atoms with van der Waals surface area (Å²) in [6.07, 6.45) is 0.00434. The third-order valence-electron chi connectivity index (χ3n) is 2.86. The third-order valence-corrected chi connectivity index (χ3v) is 2.86. The fourth-order valence-corrected chi connectivity index (χ4v) is 1.62. The number of rotatable bonds is 8. The Morgan fingerprint density at radius 3 is 2.19 bits per heavy atom. The van der Waals surface area contributed by atoms with Crippen molar-refractivity contribution < 1.29 is 23.8 Å². The first-order valence-corrected chi connectivity index (χ1v) is 6.98. The molecule has 0 heterocycles. The minimum absolute atomic E-state index is 0.00223. The first kappa shape index (κ1) is 17.2. The summed E-state index contributed by atoms with van der Waals surface area (Å²) in [7, 11) is 1.52. The van der Waals surface area contributed by atoms with Gasteiger partial charge in [-0.15, -0.1) is 0 Å². The van der Waals surface area contributed by atoms with Crippen molar-refractivity contribution in [2.75, 3.05) is 20.3 Å². The zero-order chi connectivity index (χ0) is 15.7. The highest BCUT2D eigenvalue weighted by Crippen LogP contribution is 2.19. The molecule has 0 aliphatic carbocycles. The maximum absolute atomic E-state index is 11.6. The molecule has 1 rings (SSSR count). The van der Waals surface area contributed by atoms with Crippen molar-refractivity contribution in [3.05, 3.63) is 29.8 Å². The lowest BCUT2D eigenvalue weighted by molar-refractivity contribution is -0.147. The lowest BCUT2D eigenvalue weighted by Gasteiger charge is -2.08. The van der Waals surface area contributed by atoms with Crippen molar-refractivity contribution >= 4 is 11.9 Å². The first-order chi connectivity index (χ1) is 10.0. The molecule has 1 aromatic carbocycles. The number of carbonyl (C=O) groups is 2. The molecule has 0 spiro atoms. The highest BCUT2D eigenvalue weighted by atomic mass is 16.6. The lowest BCUT2D eigenvalue weighted by Crippen LogP contribution is -2.14. The minimum Gasteiger partial charge on any atom is -0.463 e. The molecule has 0 aliphatic heterocycles. The van der Waals surface area contributed by atoms with E-state index in [1.807, 2.05) is 12.1 Å². The highest BCUT2D eigenvalue weighted by Gasteiger charge is 2.10. The van der Waals surface area contributed by atoms with E-state index in [1.165, 1.54) is 12.7 Å². The van der Waals surface area contributed by atoms with Gasteiger partial charge in [-0.3, -0.25) is 9.59 Å². The molecule has 5 heteroatoms. The van der Waals surface area contributed by atoms with Gasteiger partial charge in [-0.25, -0.2) is 0 Å². The van der Waals surface area contributed by atoms with E-state index in [0.717, 1.165) is 0 Å². The maximum atomic E-state index is 11.6. The first-order valence-electron chi connectivity index (χ1n) is 6.98. The fraction of sp³-hybridized carbons (Fsp3) is 0.500. The van der Waals surface area contributed by atoms with Crippen LogP contribution >= 0.6 is 0 Å². The van der Waals surface area contributed by atoms with Crippen LogP contribution in [-0.4, -0.2) is 32.3 Å². The van der Waals surface area contributed by atoms with E-state index in [1.54, 1.807) is 12.1 Å². The second-order valence-electron chi connectivity index (χ2n) is 4.91. The quantitative estimate of drug-likeness (QED) is 0.419. The van der Waals surface area contributed by atoms with Crippen LogP contribution in [-0.2, 0) is 19.1 Å². The van der Waals surface area contributed by atoms with E-state index >= 15 is 0 Å². The molecule has 0 saturated heterocycles. The Hall–Kier alpha value is -1.88. The van der Waals surface area contributed by atoms with Gasteiger partial charge in [-0.05, 0) is 23.6 Å². The molecule has 0 N–H and O–H groups in total. The summed E-state index contributed by atoms with van der Waals surface area (Å²) < 4.78 is 14.8. The largest absolute Gasteiger partial charge is 0.463 e. The van der Waals surface area contributed by atoms with Gasteiger partial charge in [0.15, 0.2) is 0 Å². The fourth-order valence-electron chi connectivity index (χ4n) is 1.62. The van der Waals surface area contributed by atoms with Gasteiger partial charge in [-0.2, -0.15) is 0 Å². The van der Waals surface area contributed by atoms with E-state index in [2.05, 4.69) is 13.8 Å². The van der Waals surface area contributed by atoms with Gasteiger partial charge < -0.3 is 14.2 Å². The molecule has 1 aromatic rings. The van der Waals surface area contributed by atoms with Gasteiger partial charge in [-0.1, -0.05) is 26.0 Å². The summed E-state index contributed by atoms with van der Waals surface area (Å²) in [5, 5.41) is 0. The Morgan fingerprint density at radius 2 is 1.62 bits per heavy atom. The van der Waals surface area contributed by atoms with E-state index in [9.17, 15) is 9.59 Å². The molecule has 21 heavy (non-hydrogen) atoms. The van der Waals surface area contributed by atoms with Gasteiger partial charge in [0.25, 0.3) is 0 Å². The number of benzene rings is 1. The topological polar surface area (TPSA) is 61.8 Å². The summed E-state index contributed by atoms with van der Waals surface area (Å²) >= 11 is 0. The summed E-state index contributed by atoms with van der Waals surface area (Å²) in [6.45, 7) is 4.73. The average Bonchev–Trinajstić information content (AvgIpc) is 2.46. The molecule has 0 fully saturated rings. The number of hydrogen-bond donors (Lipinski definition) is 0. The van der Waals surface area contributed by atoms with Crippen LogP contribution in [0.5, 0.6) is 5.75 Å². The normalized spacial score (nSPS) is 10.5. The third kappa shape index (κ3) is 6.90. The van der Waals surface area contributed by atoms with Crippen molar-refractivity contribution in [2.24, 2.45) is 0 Å². The summed E-state index contributed by atoms with van der Waals surface area (Å²) in [6, 6.07) is 7.35. The molecular formula is C16H22O5. The van der Waals surface area contributed by atoms with E-state index in [4.69, 9.17) is 14.2 Å². The Morgan fingerprint density at radius 1 is 1.00 bits per heavy atom. The van der Waals surface area contributed by atoms with Gasteiger partial charge in [0, 0.05) is 7.11 Å². The number of carbonyl (C=O) groups excluding carboxylic acids is 2. The van der Waals surface area contributed by atoms with Crippen LogP contribution in [0, 0.1) is 0 Å². The molecule has 0 atom stereocenters. The summed E-state index contributed by atoms with van der Waals surface area (Å²) in [4.78, 5) is 22.9. The number of ether oxygens (including phenoxy) is 3. The second-order valence-corrected chi connectivity index (χ2v) is 4.91. The lowest BCUT2D eigenvalue weighted by atomic mass is 10.0. The highest BCUT2D eigenvalue weighted by molar-refractivity contribution is 5.79. The van der Waals surface area contributed by atoms with Crippen LogP contribution in [0.25, 0.3) is 0 Å². The molecule has 0 radical (unpaired) electrons.